The number of carbonyl (C=O) groups excluding carboxylic acids is 2. The number of fused-ring (bicyclic) bond motifs is 3. The van der Waals surface area contributed by atoms with Crippen LogP contribution >= 0.6 is 0 Å². The van der Waals surface area contributed by atoms with Gasteiger partial charge in [0.05, 0.1) is 19.1 Å². The van der Waals surface area contributed by atoms with E-state index in [2.05, 4.69) is 10.6 Å². The molecule has 7 heteroatoms. The first-order valence-corrected chi connectivity index (χ1v) is 12.3. The zero-order valence-electron chi connectivity index (χ0n) is 19.2. The van der Waals surface area contributed by atoms with Gasteiger partial charge in [0.25, 0.3) is 0 Å². The molecule has 2 amide bonds. The number of anilines is 1. The number of aliphatic hydroxyl groups excluding tert-OH is 1. The summed E-state index contributed by atoms with van der Waals surface area (Å²) in [4.78, 5) is 24.8. The third kappa shape index (κ3) is 5.42. The van der Waals surface area contributed by atoms with Gasteiger partial charge in [-0.3, -0.25) is 9.59 Å². The predicted molar refractivity (Wildman–Crippen MR) is 128 cm³/mol. The third-order valence-electron chi connectivity index (χ3n) is 6.95. The molecule has 34 heavy (non-hydrogen) atoms. The summed E-state index contributed by atoms with van der Waals surface area (Å²) < 4.78 is 12.2. The van der Waals surface area contributed by atoms with Crippen LogP contribution in [0.4, 0.5) is 5.69 Å². The fraction of sp³-hybridized carbons (Fsp3) is 0.481. The van der Waals surface area contributed by atoms with Gasteiger partial charge in [0.1, 0.15) is 18.0 Å². The topological polar surface area (TPSA) is 96.9 Å². The summed E-state index contributed by atoms with van der Waals surface area (Å²) in [6, 6.07) is 15.7. The summed E-state index contributed by atoms with van der Waals surface area (Å²) >= 11 is 0. The minimum absolute atomic E-state index is 0.00306. The van der Waals surface area contributed by atoms with Crippen molar-refractivity contribution in [1.82, 2.24) is 5.32 Å². The number of hydrogen-bond acceptors (Lipinski definition) is 5. The van der Waals surface area contributed by atoms with Crippen molar-refractivity contribution in [3.8, 4) is 5.75 Å². The molecule has 2 heterocycles. The van der Waals surface area contributed by atoms with Crippen molar-refractivity contribution in [3.63, 3.8) is 0 Å². The Bertz CT molecular complexity index is 1020. The third-order valence-corrected chi connectivity index (χ3v) is 6.95. The number of aliphatic hydroxyl groups is 1. The predicted octanol–water partition coefficient (Wildman–Crippen LogP) is 3.17. The van der Waals surface area contributed by atoms with Crippen LogP contribution < -0.4 is 15.4 Å². The summed E-state index contributed by atoms with van der Waals surface area (Å²) in [5.74, 6) is 1.27. The van der Waals surface area contributed by atoms with Gasteiger partial charge in [-0.1, -0.05) is 30.3 Å². The van der Waals surface area contributed by atoms with E-state index in [0.29, 0.717) is 25.3 Å². The molecule has 5 rings (SSSR count). The van der Waals surface area contributed by atoms with E-state index >= 15 is 0 Å². The van der Waals surface area contributed by atoms with Crippen LogP contribution in [0.3, 0.4) is 0 Å². The highest BCUT2D eigenvalue weighted by molar-refractivity contribution is 5.91. The Labute approximate surface area is 199 Å². The molecule has 1 saturated heterocycles. The average Bonchev–Trinajstić information content (AvgIpc) is 3.57. The van der Waals surface area contributed by atoms with E-state index < -0.39 is 6.10 Å². The molecule has 2 aromatic carbocycles. The maximum atomic E-state index is 12.6. The van der Waals surface area contributed by atoms with Gasteiger partial charge in [0, 0.05) is 30.1 Å². The van der Waals surface area contributed by atoms with Crippen molar-refractivity contribution < 1.29 is 24.2 Å². The molecule has 0 bridgehead atoms. The van der Waals surface area contributed by atoms with Crippen LogP contribution in [0.25, 0.3) is 0 Å². The van der Waals surface area contributed by atoms with Crippen LogP contribution in [0.1, 0.15) is 49.1 Å². The first kappa shape index (κ1) is 22.9. The Morgan fingerprint density at radius 1 is 1.03 bits per heavy atom. The lowest BCUT2D eigenvalue weighted by atomic mass is 9.84. The van der Waals surface area contributed by atoms with Gasteiger partial charge in [-0.05, 0) is 55.4 Å². The zero-order valence-corrected chi connectivity index (χ0v) is 19.2. The van der Waals surface area contributed by atoms with E-state index in [1.165, 1.54) is 5.56 Å². The molecular formula is C27H32N2O5. The molecule has 0 spiro atoms. The van der Waals surface area contributed by atoms with Gasteiger partial charge in [0.2, 0.25) is 11.8 Å². The molecule has 0 radical (unpaired) electrons. The second-order valence-corrected chi connectivity index (χ2v) is 9.64. The number of benzene rings is 2. The molecule has 3 aliphatic rings. The standard InChI is InChI=1S/C27H32N2O5/c30-16-24-27-22(14-20(33-24)15-25(31)28-11-10-17-4-2-1-3-5-17)21-13-19(8-9-23(21)34-27)29-26(32)12-18-6-7-18/h1-5,8-9,13,18,20,22,24,27,30H,6-7,10-12,14-16H2,(H,28,31)(H,29,32)/t20-,22+,24+,27-/m0/s1. The summed E-state index contributed by atoms with van der Waals surface area (Å²) in [6.07, 6.45) is 3.38. The molecular weight excluding hydrogens is 432 g/mol. The number of amides is 2. The fourth-order valence-corrected chi connectivity index (χ4v) is 5.03. The quantitative estimate of drug-likeness (QED) is 0.530. The highest BCUT2D eigenvalue weighted by Crippen LogP contribution is 2.47. The smallest absolute Gasteiger partial charge is 0.224 e. The van der Waals surface area contributed by atoms with Gasteiger partial charge in [-0.2, -0.15) is 0 Å². The largest absolute Gasteiger partial charge is 0.487 e. The molecule has 2 aromatic rings. The maximum Gasteiger partial charge on any atom is 0.224 e. The van der Waals surface area contributed by atoms with Gasteiger partial charge < -0.3 is 25.2 Å². The van der Waals surface area contributed by atoms with Crippen molar-refractivity contribution in [1.29, 1.82) is 0 Å². The number of ether oxygens (including phenoxy) is 2. The molecule has 2 aliphatic heterocycles. The maximum absolute atomic E-state index is 12.6. The monoisotopic (exact) mass is 464 g/mol. The minimum Gasteiger partial charge on any atom is -0.487 e. The first-order chi connectivity index (χ1) is 16.6. The molecule has 0 unspecified atom stereocenters. The van der Waals surface area contributed by atoms with E-state index in [4.69, 9.17) is 9.47 Å². The highest BCUT2D eigenvalue weighted by Gasteiger charge is 2.46. The van der Waals surface area contributed by atoms with Crippen molar-refractivity contribution >= 4 is 17.5 Å². The molecule has 1 aliphatic carbocycles. The van der Waals surface area contributed by atoms with Crippen LogP contribution in [0.15, 0.2) is 48.5 Å². The lowest BCUT2D eigenvalue weighted by Crippen LogP contribution is -2.47. The average molecular weight is 465 g/mol. The van der Waals surface area contributed by atoms with Crippen LogP contribution in [0, 0.1) is 5.92 Å². The Hall–Kier alpha value is -2.90. The highest BCUT2D eigenvalue weighted by atomic mass is 16.6. The Morgan fingerprint density at radius 3 is 2.62 bits per heavy atom. The van der Waals surface area contributed by atoms with Gasteiger partial charge in [-0.15, -0.1) is 0 Å². The van der Waals surface area contributed by atoms with E-state index in [-0.39, 0.29) is 43.0 Å². The normalized spacial score (nSPS) is 25.1. The van der Waals surface area contributed by atoms with Crippen molar-refractivity contribution in [2.24, 2.45) is 5.92 Å². The second-order valence-electron chi connectivity index (χ2n) is 9.64. The van der Waals surface area contributed by atoms with Crippen molar-refractivity contribution in [2.75, 3.05) is 18.5 Å². The lowest BCUT2D eigenvalue weighted by Gasteiger charge is -2.37. The number of nitrogens with one attached hydrogen (secondary N) is 2. The molecule has 180 valence electrons. The second kappa shape index (κ2) is 10.2. The molecule has 1 saturated carbocycles. The van der Waals surface area contributed by atoms with Crippen LogP contribution in [-0.4, -0.2) is 48.4 Å². The van der Waals surface area contributed by atoms with Crippen LogP contribution in [0.2, 0.25) is 0 Å². The molecule has 4 atom stereocenters. The summed E-state index contributed by atoms with van der Waals surface area (Å²) in [7, 11) is 0. The lowest BCUT2D eigenvalue weighted by molar-refractivity contribution is -0.142. The van der Waals surface area contributed by atoms with Gasteiger partial charge in [-0.25, -0.2) is 0 Å². The SMILES string of the molecule is O=C(C[C@@H]1C[C@@H]2c3cc(NC(=O)CC4CC4)ccc3O[C@@H]2[C@@H](CO)O1)NCCc1ccccc1. The zero-order chi connectivity index (χ0) is 23.5. The van der Waals surface area contributed by atoms with E-state index in [0.717, 1.165) is 36.3 Å². The van der Waals surface area contributed by atoms with Gasteiger partial charge in [0.15, 0.2) is 0 Å². The molecule has 2 fully saturated rings. The Kier molecular flexibility index (Phi) is 6.83. The van der Waals surface area contributed by atoms with Gasteiger partial charge >= 0.3 is 0 Å². The molecule has 3 N–H and O–H groups in total. The van der Waals surface area contributed by atoms with E-state index in [1.807, 2.05) is 48.5 Å². The Balaban J connectivity index is 1.20. The van der Waals surface area contributed by atoms with Crippen LogP contribution in [0.5, 0.6) is 5.75 Å². The number of rotatable bonds is 9. The number of carbonyl (C=O) groups is 2. The summed E-state index contributed by atoms with van der Waals surface area (Å²) in [6.45, 7) is 0.396. The van der Waals surface area contributed by atoms with Crippen LogP contribution in [-0.2, 0) is 20.7 Å². The molecule has 0 aromatic heterocycles. The Morgan fingerprint density at radius 2 is 1.85 bits per heavy atom. The number of hydrogen-bond donors (Lipinski definition) is 3. The minimum atomic E-state index is -0.499. The summed E-state index contributed by atoms with van der Waals surface area (Å²) in [5, 5.41) is 15.9. The van der Waals surface area contributed by atoms with E-state index in [9.17, 15) is 14.7 Å². The van der Waals surface area contributed by atoms with E-state index in [1.54, 1.807) is 0 Å². The fourth-order valence-electron chi connectivity index (χ4n) is 5.03. The van der Waals surface area contributed by atoms with Crippen molar-refractivity contribution in [2.45, 2.75) is 62.8 Å². The summed E-state index contributed by atoms with van der Waals surface area (Å²) in [5.41, 5.74) is 2.95. The first-order valence-electron chi connectivity index (χ1n) is 12.3. The van der Waals surface area contributed by atoms with Crippen molar-refractivity contribution in [3.05, 3.63) is 59.7 Å². The molecule has 7 nitrogen and oxygen atoms in total.